The second-order valence-electron chi connectivity index (χ2n) is 9.30. The van der Waals surface area contributed by atoms with Crippen molar-refractivity contribution in [2.75, 3.05) is 0 Å². The number of nitrogens with zero attached hydrogens (tertiary/aromatic N) is 1. The molecule has 0 radical (unpaired) electrons. The molecule has 2 aliphatic carbocycles. The number of rotatable bonds is 2. The van der Waals surface area contributed by atoms with Crippen LogP contribution in [0.3, 0.4) is 0 Å². The van der Waals surface area contributed by atoms with Crippen molar-refractivity contribution in [3.63, 3.8) is 0 Å². The van der Waals surface area contributed by atoms with Crippen LogP contribution in [0, 0.1) is 29.6 Å². The van der Waals surface area contributed by atoms with Crippen LogP contribution in [-0.4, -0.2) is 10.9 Å². The summed E-state index contributed by atoms with van der Waals surface area (Å²) in [6, 6.07) is 2.03. The van der Waals surface area contributed by atoms with E-state index >= 15 is 0 Å². The second kappa shape index (κ2) is 5.86. The molecule has 3 heteroatoms. The number of pyridine rings is 1. The topological polar surface area (TPSA) is 56.0 Å². The molecule has 1 aromatic heterocycles. The fourth-order valence-electron chi connectivity index (χ4n) is 6.10. The predicted molar refractivity (Wildman–Crippen MR) is 97.9 cm³/mol. The van der Waals surface area contributed by atoms with Crippen LogP contribution in [0.5, 0.6) is 0 Å². The van der Waals surface area contributed by atoms with E-state index in [0.717, 1.165) is 17.7 Å². The molecular weight excluding hydrogens is 296 g/mol. The first-order valence-electron chi connectivity index (χ1n) is 9.41. The van der Waals surface area contributed by atoms with E-state index < -0.39 is 0 Å². The molecule has 132 valence electrons. The molecule has 0 saturated heterocycles. The van der Waals surface area contributed by atoms with Gasteiger partial charge in [0.2, 0.25) is 0 Å². The zero-order valence-corrected chi connectivity index (χ0v) is 15.9. The van der Waals surface area contributed by atoms with E-state index in [1.165, 1.54) is 25.7 Å². The lowest BCUT2D eigenvalue weighted by molar-refractivity contribution is -0.0555. The predicted octanol–water partition coefficient (Wildman–Crippen LogP) is 4.84. The smallest absolute Gasteiger partial charge is 0.250 e. The fourth-order valence-corrected chi connectivity index (χ4v) is 6.10. The van der Waals surface area contributed by atoms with Crippen molar-refractivity contribution >= 4 is 5.91 Å². The van der Waals surface area contributed by atoms with Gasteiger partial charge in [-0.3, -0.25) is 9.78 Å². The summed E-state index contributed by atoms with van der Waals surface area (Å²) in [6.45, 7) is 11.6. The summed E-state index contributed by atoms with van der Waals surface area (Å²) in [7, 11) is 0. The molecule has 4 atom stereocenters. The van der Waals surface area contributed by atoms with Crippen LogP contribution in [0.1, 0.15) is 87.3 Å². The summed E-state index contributed by atoms with van der Waals surface area (Å²) >= 11 is 0. The Balaban J connectivity index is 2.02. The lowest BCUT2D eigenvalue weighted by Crippen LogP contribution is -2.47. The molecule has 1 heterocycles. The molecule has 24 heavy (non-hydrogen) atoms. The number of aryl methyl sites for hydroxylation is 1. The van der Waals surface area contributed by atoms with Gasteiger partial charge in [0, 0.05) is 6.20 Å². The number of hydrogen-bond donors (Lipinski definition) is 1. The van der Waals surface area contributed by atoms with Crippen molar-refractivity contribution in [2.45, 2.75) is 72.6 Å². The van der Waals surface area contributed by atoms with Crippen molar-refractivity contribution in [3.05, 3.63) is 29.1 Å². The van der Waals surface area contributed by atoms with E-state index in [4.69, 9.17) is 5.73 Å². The number of carbonyl (C=O) groups is 1. The van der Waals surface area contributed by atoms with Gasteiger partial charge in [-0.05, 0) is 72.8 Å². The molecule has 2 fully saturated rings. The standard InChI is InChI=1S/C21H32N2O/c1-13-12-21(5)9-6-8-20(3,4)17(21)11-16(13)15-7-10-23-14(2)18(15)19(22)24/h7,10,13,16-17H,6,8-9,11-12H2,1-5H3,(H2,22,24). The van der Waals surface area contributed by atoms with Crippen molar-refractivity contribution in [3.8, 4) is 0 Å². The number of nitrogens with two attached hydrogens (primary N) is 1. The quantitative estimate of drug-likeness (QED) is 0.845. The minimum atomic E-state index is -0.334. The highest BCUT2D eigenvalue weighted by molar-refractivity contribution is 5.95. The summed E-state index contributed by atoms with van der Waals surface area (Å²) < 4.78 is 0. The number of hydrogen-bond acceptors (Lipinski definition) is 2. The first kappa shape index (κ1) is 17.4. The van der Waals surface area contributed by atoms with E-state index in [-0.39, 0.29) is 5.91 Å². The van der Waals surface area contributed by atoms with Crippen molar-refractivity contribution in [1.82, 2.24) is 4.98 Å². The third kappa shape index (κ3) is 2.76. The minimum Gasteiger partial charge on any atom is -0.366 e. The average molecular weight is 328 g/mol. The summed E-state index contributed by atoms with van der Waals surface area (Å²) in [5, 5.41) is 0. The number of amides is 1. The van der Waals surface area contributed by atoms with Gasteiger partial charge in [0.25, 0.3) is 5.91 Å². The van der Waals surface area contributed by atoms with Crippen LogP contribution in [0.15, 0.2) is 12.3 Å². The Labute approximate surface area is 146 Å². The highest BCUT2D eigenvalue weighted by Crippen LogP contribution is 2.61. The van der Waals surface area contributed by atoms with Gasteiger partial charge in [-0.15, -0.1) is 0 Å². The van der Waals surface area contributed by atoms with Gasteiger partial charge in [0.05, 0.1) is 11.3 Å². The SMILES string of the molecule is Cc1nccc(C2CC3C(C)(C)CCCC3(C)CC2C)c1C(N)=O. The lowest BCUT2D eigenvalue weighted by Gasteiger charge is -2.57. The zero-order valence-electron chi connectivity index (χ0n) is 15.9. The largest absolute Gasteiger partial charge is 0.366 e. The Morgan fingerprint density at radius 2 is 2.00 bits per heavy atom. The Kier molecular flexibility index (Phi) is 4.26. The van der Waals surface area contributed by atoms with E-state index in [1.807, 2.05) is 19.2 Å². The minimum absolute atomic E-state index is 0.334. The normalized spacial score (nSPS) is 35.3. The second-order valence-corrected chi connectivity index (χ2v) is 9.30. The number of primary amides is 1. The Morgan fingerprint density at radius 1 is 1.29 bits per heavy atom. The van der Waals surface area contributed by atoms with Gasteiger partial charge in [-0.2, -0.15) is 0 Å². The Hall–Kier alpha value is -1.38. The highest BCUT2D eigenvalue weighted by Gasteiger charge is 2.51. The third-order valence-electron chi connectivity index (χ3n) is 7.14. The highest BCUT2D eigenvalue weighted by atomic mass is 16.1. The molecular formula is C21H32N2O. The number of aromatic nitrogens is 1. The molecule has 0 aliphatic heterocycles. The Morgan fingerprint density at radius 3 is 2.67 bits per heavy atom. The van der Waals surface area contributed by atoms with Crippen LogP contribution in [0.25, 0.3) is 0 Å². The van der Waals surface area contributed by atoms with Crippen LogP contribution >= 0.6 is 0 Å². The Bertz CT molecular complexity index is 651. The molecule has 2 aliphatic rings. The van der Waals surface area contributed by atoms with Crippen LogP contribution in [-0.2, 0) is 0 Å². The summed E-state index contributed by atoms with van der Waals surface area (Å²) in [5.41, 5.74) is 9.07. The fraction of sp³-hybridized carbons (Fsp3) is 0.714. The van der Waals surface area contributed by atoms with Gasteiger partial charge < -0.3 is 5.73 Å². The van der Waals surface area contributed by atoms with Gasteiger partial charge >= 0.3 is 0 Å². The first-order chi connectivity index (χ1) is 11.2. The van der Waals surface area contributed by atoms with Gasteiger partial charge in [-0.1, -0.05) is 34.1 Å². The number of fused-ring (bicyclic) bond motifs is 1. The van der Waals surface area contributed by atoms with Crippen LogP contribution < -0.4 is 5.73 Å². The van der Waals surface area contributed by atoms with Crippen molar-refractivity contribution in [1.29, 1.82) is 0 Å². The zero-order chi connectivity index (χ0) is 17.7. The molecule has 1 amide bonds. The van der Waals surface area contributed by atoms with E-state index in [1.54, 1.807) is 0 Å². The summed E-state index contributed by atoms with van der Waals surface area (Å²) in [5.74, 6) is 1.35. The maximum Gasteiger partial charge on any atom is 0.250 e. The summed E-state index contributed by atoms with van der Waals surface area (Å²) in [6.07, 6.45) is 8.24. The van der Waals surface area contributed by atoms with Crippen molar-refractivity contribution < 1.29 is 4.79 Å². The molecule has 0 bridgehead atoms. The molecule has 4 unspecified atom stereocenters. The maximum absolute atomic E-state index is 12.0. The molecule has 2 N–H and O–H groups in total. The molecule has 2 saturated carbocycles. The molecule has 0 spiro atoms. The number of carbonyl (C=O) groups excluding carboxylic acids is 1. The third-order valence-corrected chi connectivity index (χ3v) is 7.14. The molecule has 3 nitrogen and oxygen atoms in total. The van der Waals surface area contributed by atoms with E-state index in [9.17, 15) is 4.79 Å². The molecule has 3 rings (SSSR count). The van der Waals surface area contributed by atoms with Crippen LogP contribution in [0.4, 0.5) is 0 Å². The summed E-state index contributed by atoms with van der Waals surface area (Å²) in [4.78, 5) is 16.4. The van der Waals surface area contributed by atoms with Crippen LogP contribution in [0.2, 0.25) is 0 Å². The van der Waals surface area contributed by atoms with E-state index in [0.29, 0.717) is 34.1 Å². The first-order valence-corrected chi connectivity index (χ1v) is 9.41. The van der Waals surface area contributed by atoms with Gasteiger partial charge in [0.15, 0.2) is 0 Å². The van der Waals surface area contributed by atoms with E-state index in [2.05, 4.69) is 32.7 Å². The van der Waals surface area contributed by atoms with Crippen molar-refractivity contribution in [2.24, 2.45) is 28.4 Å². The monoisotopic (exact) mass is 328 g/mol. The average Bonchev–Trinajstić information content (AvgIpc) is 2.45. The molecule has 0 aromatic carbocycles. The van der Waals surface area contributed by atoms with Gasteiger partial charge in [0.1, 0.15) is 0 Å². The molecule has 1 aromatic rings. The lowest BCUT2D eigenvalue weighted by atomic mass is 9.48. The maximum atomic E-state index is 12.0. The van der Waals surface area contributed by atoms with Gasteiger partial charge in [-0.25, -0.2) is 0 Å².